The first-order chi connectivity index (χ1) is 14.4. The highest BCUT2D eigenvalue weighted by Crippen LogP contribution is 2.33. The topological polar surface area (TPSA) is 89.0 Å². The smallest absolute Gasteiger partial charge is 0.262 e. The minimum absolute atomic E-state index is 0.112. The van der Waals surface area contributed by atoms with Gasteiger partial charge >= 0.3 is 0 Å². The third kappa shape index (κ3) is 6.45. The SMILES string of the molecule is CCOc1cc(C=NNC(=O)C(NC(=O)c2ccccc2)C(C)C)cc(I)c1OC. The van der Waals surface area contributed by atoms with Crippen LogP contribution in [0.3, 0.4) is 0 Å². The van der Waals surface area contributed by atoms with Gasteiger partial charge in [0.05, 0.1) is 23.5 Å². The Morgan fingerprint density at radius 1 is 1.20 bits per heavy atom. The molecule has 8 heteroatoms. The van der Waals surface area contributed by atoms with Gasteiger partial charge in [-0.05, 0) is 65.3 Å². The average molecular weight is 523 g/mol. The Labute approximate surface area is 190 Å². The lowest BCUT2D eigenvalue weighted by molar-refractivity contribution is -0.123. The van der Waals surface area contributed by atoms with Crippen LogP contribution in [0, 0.1) is 9.49 Å². The minimum atomic E-state index is -0.718. The van der Waals surface area contributed by atoms with E-state index in [1.54, 1.807) is 37.4 Å². The molecule has 160 valence electrons. The van der Waals surface area contributed by atoms with Gasteiger partial charge in [-0.25, -0.2) is 5.43 Å². The van der Waals surface area contributed by atoms with Gasteiger partial charge in [-0.3, -0.25) is 9.59 Å². The molecular formula is C22H26IN3O4. The molecule has 2 rings (SSSR count). The van der Waals surface area contributed by atoms with E-state index in [2.05, 4.69) is 38.4 Å². The molecule has 0 aliphatic carbocycles. The lowest BCUT2D eigenvalue weighted by atomic mass is 10.0. The number of rotatable bonds is 9. The molecule has 0 aromatic heterocycles. The summed E-state index contributed by atoms with van der Waals surface area (Å²) in [6.45, 7) is 6.11. The minimum Gasteiger partial charge on any atom is -0.492 e. The van der Waals surface area contributed by atoms with Crippen LogP contribution >= 0.6 is 22.6 Å². The Bertz CT molecular complexity index is 901. The van der Waals surface area contributed by atoms with Gasteiger partial charge in [-0.2, -0.15) is 5.10 Å². The fourth-order valence-corrected chi connectivity index (χ4v) is 3.56. The second-order valence-corrected chi connectivity index (χ2v) is 7.92. The highest BCUT2D eigenvalue weighted by Gasteiger charge is 2.24. The van der Waals surface area contributed by atoms with E-state index < -0.39 is 11.9 Å². The zero-order valence-corrected chi connectivity index (χ0v) is 19.6. The van der Waals surface area contributed by atoms with Crippen molar-refractivity contribution >= 4 is 40.6 Å². The first-order valence-electron chi connectivity index (χ1n) is 9.56. The molecule has 0 radical (unpaired) electrons. The summed E-state index contributed by atoms with van der Waals surface area (Å²) in [6, 6.07) is 11.7. The molecular weight excluding hydrogens is 497 g/mol. The Balaban J connectivity index is 2.08. The molecule has 0 saturated heterocycles. The van der Waals surface area contributed by atoms with Crippen LogP contribution in [0.25, 0.3) is 0 Å². The second-order valence-electron chi connectivity index (χ2n) is 6.76. The van der Waals surface area contributed by atoms with Gasteiger partial charge in [0, 0.05) is 5.56 Å². The van der Waals surface area contributed by atoms with Crippen molar-refractivity contribution in [2.75, 3.05) is 13.7 Å². The van der Waals surface area contributed by atoms with Crippen LogP contribution in [0.2, 0.25) is 0 Å². The third-order valence-corrected chi connectivity index (χ3v) is 5.00. The number of hydrazone groups is 1. The molecule has 1 atom stereocenters. The zero-order valence-electron chi connectivity index (χ0n) is 17.4. The van der Waals surface area contributed by atoms with E-state index in [1.165, 1.54) is 6.21 Å². The standard InChI is InChI=1S/C22H26IN3O4/c1-5-30-18-12-15(11-17(23)20(18)29-4)13-24-26-22(28)19(14(2)3)25-21(27)16-9-7-6-8-10-16/h6-14,19H,5H2,1-4H3,(H,25,27)(H,26,28). The number of hydrogen-bond donors (Lipinski definition) is 2. The van der Waals surface area contributed by atoms with Crippen LogP contribution < -0.4 is 20.2 Å². The van der Waals surface area contributed by atoms with Gasteiger partial charge in [-0.15, -0.1) is 0 Å². The van der Waals surface area contributed by atoms with E-state index in [0.717, 1.165) is 9.13 Å². The number of carbonyl (C=O) groups is 2. The number of halogens is 1. The molecule has 7 nitrogen and oxygen atoms in total. The van der Waals surface area contributed by atoms with Crippen molar-refractivity contribution in [3.63, 3.8) is 0 Å². The number of carbonyl (C=O) groups excluding carboxylic acids is 2. The summed E-state index contributed by atoms with van der Waals surface area (Å²) in [5.41, 5.74) is 3.75. The van der Waals surface area contributed by atoms with E-state index in [1.807, 2.05) is 32.9 Å². The summed E-state index contributed by atoms with van der Waals surface area (Å²) in [5.74, 6) is 0.453. The summed E-state index contributed by atoms with van der Waals surface area (Å²) >= 11 is 2.15. The molecule has 2 N–H and O–H groups in total. The van der Waals surface area contributed by atoms with Crippen molar-refractivity contribution in [2.45, 2.75) is 26.8 Å². The van der Waals surface area contributed by atoms with Crippen molar-refractivity contribution < 1.29 is 19.1 Å². The number of methoxy groups -OCH3 is 1. The molecule has 30 heavy (non-hydrogen) atoms. The highest BCUT2D eigenvalue weighted by atomic mass is 127. The maximum Gasteiger partial charge on any atom is 0.262 e. The summed E-state index contributed by atoms with van der Waals surface area (Å²) in [4.78, 5) is 25.0. The van der Waals surface area contributed by atoms with Crippen LogP contribution in [-0.4, -0.2) is 37.8 Å². The number of amides is 2. The number of nitrogens with zero attached hydrogens (tertiary/aromatic N) is 1. The van der Waals surface area contributed by atoms with Crippen LogP contribution in [0.5, 0.6) is 11.5 Å². The highest BCUT2D eigenvalue weighted by molar-refractivity contribution is 14.1. The quantitative estimate of drug-likeness (QED) is 0.299. The van der Waals surface area contributed by atoms with Crippen molar-refractivity contribution in [3.8, 4) is 11.5 Å². The third-order valence-electron chi connectivity index (χ3n) is 4.20. The number of ether oxygens (including phenoxy) is 2. The first-order valence-corrected chi connectivity index (χ1v) is 10.6. The van der Waals surface area contributed by atoms with Gasteiger partial charge in [0.15, 0.2) is 11.5 Å². The Kier molecular flexibility index (Phi) is 9.10. The van der Waals surface area contributed by atoms with Crippen LogP contribution in [0.4, 0.5) is 0 Å². The predicted octanol–water partition coefficient (Wildman–Crippen LogP) is 3.60. The lowest BCUT2D eigenvalue weighted by Gasteiger charge is -2.20. The predicted molar refractivity (Wildman–Crippen MR) is 125 cm³/mol. The molecule has 0 heterocycles. The van der Waals surface area contributed by atoms with Crippen LogP contribution in [0.15, 0.2) is 47.6 Å². The van der Waals surface area contributed by atoms with E-state index in [9.17, 15) is 9.59 Å². The Morgan fingerprint density at radius 3 is 2.50 bits per heavy atom. The normalized spacial score (nSPS) is 11.9. The Morgan fingerprint density at radius 2 is 1.90 bits per heavy atom. The molecule has 0 spiro atoms. The average Bonchev–Trinajstić information content (AvgIpc) is 2.72. The Hall–Kier alpha value is -2.62. The molecule has 0 saturated carbocycles. The van der Waals surface area contributed by atoms with Gasteiger partial charge < -0.3 is 14.8 Å². The van der Waals surface area contributed by atoms with Gasteiger partial charge in [0.25, 0.3) is 11.8 Å². The molecule has 1 unspecified atom stereocenters. The van der Waals surface area contributed by atoms with Crippen molar-refractivity contribution in [3.05, 3.63) is 57.2 Å². The van der Waals surface area contributed by atoms with E-state index in [4.69, 9.17) is 9.47 Å². The van der Waals surface area contributed by atoms with Crippen LogP contribution in [-0.2, 0) is 4.79 Å². The molecule has 0 aliphatic rings. The van der Waals surface area contributed by atoms with E-state index in [-0.39, 0.29) is 11.8 Å². The maximum atomic E-state index is 12.6. The summed E-state index contributed by atoms with van der Waals surface area (Å²) in [5, 5.41) is 6.82. The first kappa shape index (κ1) is 23.7. The fourth-order valence-electron chi connectivity index (χ4n) is 2.71. The molecule has 2 amide bonds. The van der Waals surface area contributed by atoms with Crippen molar-refractivity contribution in [2.24, 2.45) is 11.0 Å². The molecule has 0 fully saturated rings. The second kappa shape index (κ2) is 11.5. The number of benzene rings is 2. The zero-order chi connectivity index (χ0) is 22.1. The van der Waals surface area contributed by atoms with Crippen LogP contribution in [0.1, 0.15) is 36.7 Å². The molecule has 2 aromatic rings. The van der Waals surface area contributed by atoms with Gasteiger partial charge in [-0.1, -0.05) is 32.0 Å². The van der Waals surface area contributed by atoms with Crippen molar-refractivity contribution in [1.82, 2.24) is 10.7 Å². The summed E-state index contributed by atoms with van der Waals surface area (Å²) in [7, 11) is 1.59. The van der Waals surface area contributed by atoms with Crippen molar-refractivity contribution in [1.29, 1.82) is 0 Å². The molecule has 0 aliphatic heterocycles. The monoisotopic (exact) mass is 523 g/mol. The van der Waals surface area contributed by atoms with E-state index in [0.29, 0.717) is 23.7 Å². The summed E-state index contributed by atoms with van der Waals surface area (Å²) < 4.78 is 11.8. The van der Waals surface area contributed by atoms with E-state index >= 15 is 0 Å². The number of hydrogen-bond acceptors (Lipinski definition) is 5. The molecule has 0 bridgehead atoms. The summed E-state index contributed by atoms with van der Waals surface area (Å²) in [6.07, 6.45) is 1.53. The van der Waals surface area contributed by atoms with Gasteiger partial charge in [0.1, 0.15) is 6.04 Å². The lowest BCUT2D eigenvalue weighted by Crippen LogP contribution is -2.48. The fraction of sp³-hybridized carbons (Fsp3) is 0.318. The maximum absolute atomic E-state index is 12.6. The molecule has 2 aromatic carbocycles. The van der Waals surface area contributed by atoms with Gasteiger partial charge in [0.2, 0.25) is 0 Å². The largest absolute Gasteiger partial charge is 0.492 e. The number of nitrogens with one attached hydrogen (secondary N) is 2.